The molecular weight excluding hydrogens is 324 g/mol. The van der Waals surface area contributed by atoms with Gasteiger partial charge in [-0.2, -0.15) is 0 Å². The molecule has 1 aromatic carbocycles. The van der Waals surface area contributed by atoms with E-state index in [1.165, 1.54) is 0 Å². The minimum atomic E-state index is -0.259. The molecular formula is C17H20N4O2S. The Balaban J connectivity index is 1.30. The smallest absolute Gasteiger partial charge is 0.408 e. The monoisotopic (exact) mass is 344 g/mol. The van der Waals surface area contributed by atoms with Crippen LogP contribution in [0.2, 0.25) is 0 Å². The summed E-state index contributed by atoms with van der Waals surface area (Å²) in [5.74, 6) is -0.259. The van der Waals surface area contributed by atoms with Gasteiger partial charge in [0.05, 0.1) is 5.52 Å². The zero-order chi connectivity index (χ0) is 16.4. The summed E-state index contributed by atoms with van der Waals surface area (Å²) in [6.07, 6.45) is 2.81. The van der Waals surface area contributed by atoms with E-state index in [0.717, 1.165) is 49.8 Å². The van der Waals surface area contributed by atoms with Gasteiger partial charge in [0.2, 0.25) is 0 Å². The van der Waals surface area contributed by atoms with Crippen molar-refractivity contribution in [2.75, 3.05) is 37.6 Å². The van der Waals surface area contributed by atoms with Gasteiger partial charge in [-0.15, -0.1) is 11.3 Å². The molecule has 1 aliphatic rings. The van der Waals surface area contributed by atoms with Gasteiger partial charge in [-0.3, -0.25) is 9.47 Å². The molecule has 0 atom stereocenters. The number of hydrogen-bond donors (Lipinski definition) is 0. The first-order valence-corrected chi connectivity index (χ1v) is 9.14. The third-order valence-corrected chi connectivity index (χ3v) is 5.32. The van der Waals surface area contributed by atoms with Crippen molar-refractivity contribution in [3.63, 3.8) is 0 Å². The summed E-state index contributed by atoms with van der Waals surface area (Å²) in [7, 11) is 0. The van der Waals surface area contributed by atoms with Crippen molar-refractivity contribution in [2.45, 2.75) is 13.0 Å². The largest absolute Gasteiger partial charge is 0.419 e. The van der Waals surface area contributed by atoms with E-state index >= 15 is 0 Å². The van der Waals surface area contributed by atoms with Gasteiger partial charge in [-0.25, -0.2) is 9.78 Å². The number of rotatable bonds is 5. The fourth-order valence-electron chi connectivity index (χ4n) is 3.21. The molecule has 0 amide bonds. The molecule has 3 aromatic rings. The van der Waals surface area contributed by atoms with Crippen LogP contribution in [0.15, 0.2) is 45.1 Å². The highest BCUT2D eigenvalue weighted by atomic mass is 32.1. The lowest BCUT2D eigenvalue weighted by Gasteiger charge is -2.34. The maximum absolute atomic E-state index is 12.0. The molecule has 1 fully saturated rings. The average Bonchev–Trinajstić information content (AvgIpc) is 3.24. The van der Waals surface area contributed by atoms with Crippen LogP contribution in [0, 0.1) is 0 Å². The maximum Gasteiger partial charge on any atom is 0.419 e. The van der Waals surface area contributed by atoms with E-state index in [1.54, 1.807) is 15.9 Å². The fraction of sp³-hybridized carbons (Fsp3) is 0.412. The molecule has 0 radical (unpaired) electrons. The van der Waals surface area contributed by atoms with Crippen LogP contribution in [-0.2, 0) is 6.54 Å². The third-order valence-electron chi connectivity index (χ3n) is 4.49. The van der Waals surface area contributed by atoms with Gasteiger partial charge in [0.15, 0.2) is 10.7 Å². The van der Waals surface area contributed by atoms with Crippen molar-refractivity contribution < 1.29 is 4.42 Å². The second-order valence-electron chi connectivity index (χ2n) is 5.98. The SMILES string of the molecule is O=c1oc2ccccc2n1CCCN1CCN(c2nccs2)CC1. The van der Waals surface area contributed by atoms with Gasteiger partial charge in [-0.1, -0.05) is 12.1 Å². The lowest BCUT2D eigenvalue weighted by Crippen LogP contribution is -2.46. The number of benzene rings is 1. The first-order valence-electron chi connectivity index (χ1n) is 8.26. The van der Waals surface area contributed by atoms with E-state index in [1.807, 2.05) is 35.8 Å². The number of aryl methyl sites for hydroxylation is 1. The van der Waals surface area contributed by atoms with Crippen LogP contribution in [0.3, 0.4) is 0 Å². The van der Waals surface area contributed by atoms with E-state index in [-0.39, 0.29) is 5.76 Å². The number of oxazole rings is 1. The minimum absolute atomic E-state index is 0.259. The van der Waals surface area contributed by atoms with Crippen LogP contribution in [-0.4, -0.2) is 47.2 Å². The van der Waals surface area contributed by atoms with Gasteiger partial charge in [-0.05, 0) is 25.1 Å². The van der Waals surface area contributed by atoms with Gasteiger partial charge in [0, 0.05) is 44.3 Å². The highest BCUT2D eigenvalue weighted by Gasteiger charge is 2.18. The van der Waals surface area contributed by atoms with Crippen LogP contribution in [0.1, 0.15) is 6.42 Å². The third kappa shape index (κ3) is 3.09. The summed E-state index contributed by atoms with van der Waals surface area (Å²) in [5.41, 5.74) is 1.55. The lowest BCUT2D eigenvalue weighted by atomic mass is 10.3. The van der Waals surface area contributed by atoms with Gasteiger partial charge < -0.3 is 9.32 Å². The number of aromatic nitrogens is 2. The summed E-state index contributed by atoms with van der Waals surface area (Å²) >= 11 is 1.70. The van der Waals surface area contributed by atoms with E-state index in [4.69, 9.17) is 4.42 Å². The molecule has 3 heterocycles. The average molecular weight is 344 g/mol. The topological polar surface area (TPSA) is 54.5 Å². The molecule has 2 aromatic heterocycles. The van der Waals surface area contributed by atoms with E-state index < -0.39 is 0 Å². The Kier molecular flexibility index (Phi) is 4.36. The first-order chi connectivity index (χ1) is 11.8. The molecule has 7 heteroatoms. The highest BCUT2D eigenvalue weighted by Crippen LogP contribution is 2.19. The molecule has 1 saturated heterocycles. The van der Waals surface area contributed by atoms with Crippen molar-refractivity contribution in [2.24, 2.45) is 0 Å². The van der Waals surface area contributed by atoms with Crippen molar-refractivity contribution in [3.8, 4) is 0 Å². The molecule has 0 spiro atoms. The van der Waals surface area contributed by atoms with Crippen molar-refractivity contribution in [3.05, 3.63) is 46.4 Å². The predicted molar refractivity (Wildman–Crippen MR) is 95.9 cm³/mol. The van der Waals surface area contributed by atoms with E-state index in [0.29, 0.717) is 12.1 Å². The van der Waals surface area contributed by atoms with Gasteiger partial charge in [0.25, 0.3) is 0 Å². The van der Waals surface area contributed by atoms with Crippen LogP contribution >= 0.6 is 11.3 Å². The summed E-state index contributed by atoms with van der Waals surface area (Å²) in [4.78, 5) is 21.1. The quantitative estimate of drug-likeness (QED) is 0.711. The molecule has 0 unspecified atom stereocenters. The van der Waals surface area contributed by atoms with E-state index in [2.05, 4.69) is 14.8 Å². The molecule has 6 nitrogen and oxygen atoms in total. The Hall–Kier alpha value is -2.12. The Bertz CT molecular complexity index is 847. The summed E-state index contributed by atoms with van der Waals surface area (Å²) in [5, 5.41) is 3.14. The molecule has 0 N–H and O–H groups in total. The first kappa shape index (κ1) is 15.4. The van der Waals surface area contributed by atoms with Crippen molar-refractivity contribution >= 4 is 27.6 Å². The molecule has 24 heavy (non-hydrogen) atoms. The molecule has 0 bridgehead atoms. The Morgan fingerprint density at radius 3 is 2.75 bits per heavy atom. The molecule has 4 rings (SSSR count). The standard InChI is InChI=1S/C17H20N4O2S/c22-17-21(14-4-1-2-5-15(14)23-17)8-3-7-19-9-11-20(12-10-19)16-18-6-13-24-16/h1-2,4-6,13H,3,7-12H2. The fourth-order valence-corrected chi connectivity index (χ4v) is 3.91. The lowest BCUT2D eigenvalue weighted by molar-refractivity contribution is 0.250. The number of anilines is 1. The van der Waals surface area contributed by atoms with Gasteiger partial charge >= 0.3 is 5.76 Å². The number of thiazole rings is 1. The second-order valence-corrected chi connectivity index (χ2v) is 6.86. The number of hydrogen-bond acceptors (Lipinski definition) is 6. The number of fused-ring (bicyclic) bond motifs is 1. The van der Waals surface area contributed by atoms with Crippen LogP contribution in [0.5, 0.6) is 0 Å². The number of nitrogens with zero attached hydrogens (tertiary/aromatic N) is 4. The van der Waals surface area contributed by atoms with Crippen LogP contribution in [0.4, 0.5) is 5.13 Å². The summed E-state index contributed by atoms with van der Waals surface area (Å²) in [6, 6.07) is 7.60. The zero-order valence-electron chi connectivity index (χ0n) is 13.4. The number of piperazine rings is 1. The molecule has 0 saturated carbocycles. The maximum atomic E-state index is 12.0. The van der Waals surface area contributed by atoms with Crippen molar-refractivity contribution in [1.29, 1.82) is 0 Å². The Morgan fingerprint density at radius 1 is 1.12 bits per heavy atom. The van der Waals surface area contributed by atoms with E-state index in [9.17, 15) is 4.79 Å². The van der Waals surface area contributed by atoms with Gasteiger partial charge in [0.1, 0.15) is 0 Å². The Morgan fingerprint density at radius 2 is 1.96 bits per heavy atom. The summed E-state index contributed by atoms with van der Waals surface area (Å²) in [6.45, 7) is 5.81. The number of para-hydroxylation sites is 2. The predicted octanol–water partition coefficient (Wildman–Crippen LogP) is 2.26. The molecule has 0 aliphatic carbocycles. The van der Waals surface area contributed by atoms with Crippen LogP contribution in [0.25, 0.3) is 11.1 Å². The van der Waals surface area contributed by atoms with Crippen LogP contribution < -0.4 is 10.7 Å². The zero-order valence-corrected chi connectivity index (χ0v) is 14.2. The normalized spacial score (nSPS) is 16.1. The van der Waals surface area contributed by atoms with Crippen molar-refractivity contribution in [1.82, 2.24) is 14.5 Å². The highest BCUT2D eigenvalue weighted by molar-refractivity contribution is 7.13. The summed E-state index contributed by atoms with van der Waals surface area (Å²) < 4.78 is 7.02. The minimum Gasteiger partial charge on any atom is -0.408 e. The second kappa shape index (κ2) is 6.78. The molecule has 1 aliphatic heterocycles. The molecule has 126 valence electrons. The Labute approximate surface area is 143 Å².